The summed E-state index contributed by atoms with van der Waals surface area (Å²) in [6.07, 6.45) is 0. The topological polar surface area (TPSA) is 62.5 Å². The molecule has 1 unspecified atom stereocenters. The molecule has 0 aliphatic rings. The number of hydrogen-bond acceptors (Lipinski definition) is 3. The van der Waals surface area contributed by atoms with Gasteiger partial charge in [0.05, 0.1) is 11.1 Å². The molecule has 4 nitrogen and oxygen atoms in total. The summed E-state index contributed by atoms with van der Waals surface area (Å²) in [6, 6.07) is 6.93. The van der Waals surface area contributed by atoms with E-state index in [0.29, 0.717) is 11.4 Å². The van der Waals surface area contributed by atoms with E-state index in [1.807, 2.05) is 0 Å². The largest absolute Gasteiger partial charge is 0.475 e. The van der Waals surface area contributed by atoms with Crippen molar-refractivity contribution >= 4 is 23.3 Å². The molecular weight excluding hydrogens is 273 g/mol. The van der Waals surface area contributed by atoms with Gasteiger partial charge in [0, 0.05) is 5.69 Å². The molecule has 2 aromatic rings. The molecule has 1 aromatic carbocycles. The molecule has 0 radical (unpaired) electrons. The summed E-state index contributed by atoms with van der Waals surface area (Å²) in [5, 5.41) is 11.8. The Bertz CT molecular complexity index is 612. The van der Waals surface area contributed by atoms with E-state index in [-0.39, 0.29) is 16.8 Å². The molecule has 19 heavy (non-hydrogen) atoms. The molecule has 0 bridgehead atoms. The summed E-state index contributed by atoms with van der Waals surface area (Å²) in [5.41, 5.74) is 0.618. The monoisotopic (exact) mass is 283 g/mol. The van der Waals surface area contributed by atoms with Gasteiger partial charge in [-0.3, -0.25) is 0 Å². The molecule has 0 fully saturated rings. The van der Waals surface area contributed by atoms with Crippen LogP contribution in [0.5, 0.6) is 0 Å². The quantitative estimate of drug-likeness (QED) is 0.892. The number of benzene rings is 1. The van der Waals surface area contributed by atoms with Crippen molar-refractivity contribution in [2.75, 3.05) is 5.32 Å². The summed E-state index contributed by atoms with van der Waals surface area (Å²) in [4.78, 5) is 10.7. The maximum atomic E-state index is 13.0. The van der Waals surface area contributed by atoms with Crippen molar-refractivity contribution in [1.29, 1.82) is 0 Å². The Morgan fingerprint density at radius 2 is 2.16 bits per heavy atom. The number of carbonyl (C=O) groups is 1. The molecule has 1 aromatic heterocycles. The molecule has 6 heteroatoms. The van der Waals surface area contributed by atoms with E-state index in [0.717, 1.165) is 0 Å². The fourth-order valence-corrected chi connectivity index (χ4v) is 1.79. The van der Waals surface area contributed by atoms with Crippen LogP contribution in [0.15, 0.2) is 34.7 Å². The van der Waals surface area contributed by atoms with Crippen LogP contribution in [0.2, 0.25) is 5.02 Å². The van der Waals surface area contributed by atoms with Crippen molar-refractivity contribution in [2.45, 2.75) is 13.0 Å². The van der Waals surface area contributed by atoms with Gasteiger partial charge in [0.25, 0.3) is 0 Å². The van der Waals surface area contributed by atoms with Crippen molar-refractivity contribution < 1.29 is 18.7 Å². The van der Waals surface area contributed by atoms with E-state index in [1.54, 1.807) is 19.1 Å². The van der Waals surface area contributed by atoms with Crippen LogP contribution >= 0.6 is 11.6 Å². The number of hydrogen-bond donors (Lipinski definition) is 2. The van der Waals surface area contributed by atoms with Crippen LogP contribution < -0.4 is 5.32 Å². The highest BCUT2D eigenvalue weighted by atomic mass is 35.5. The van der Waals surface area contributed by atoms with Crippen LogP contribution in [0.25, 0.3) is 0 Å². The van der Waals surface area contributed by atoms with Crippen LogP contribution in [0.3, 0.4) is 0 Å². The number of halogens is 2. The molecule has 1 heterocycles. The summed E-state index contributed by atoms with van der Waals surface area (Å²) >= 11 is 5.67. The Balaban J connectivity index is 2.13. The predicted molar refractivity (Wildman–Crippen MR) is 69.1 cm³/mol. The van der Waals surface area contributed by atoms with E-state index in [4.69, 9.17) is 21.1 Å². The van der Waals surface area contributed by atoms with E-state index in [2.05, 4.69) is 5.32 Å². The average molecular weight is 284 g/mol. The third kappa shape index (κ3) is 3.06. The van der Waals surface area contributed by atoms with Gasteiger partial charge in [-0.05, 0) is 37.3 Å². The number of nitrogens with one attached hydrogen (secondary N) is 1. The zero-order valence-electron chi connectivity index (χ0n) is 9.98. The SMILES string of the molecule is CC(Nc1ccc(F)c(Cl)c1)c1ccc(C(=O)O)o1. The highest BCUT2D eigenvalue weighted by Gasteiger charge is 2.14. The molecule has 2 N–H and O–H groups in total. The van der Waals surface area contributed by atoms with Gasteiger partial charge in [0.15, 0.2) is 0 Å². The number of aromatic carboxylic acids is 1. The Morgan fingerprint density at radius 3 is 2.74 bits per heavy atom. The molecule has 0 amide bonds. The van der Waals surface area contributed by atoms with Crippen LogP contribution in [-0.2, 0) is 0 Å². The van der Waals surface area contributed by atoms with Crippen LogP contribution in [0.1, 0.15) is 29.3 Å². The number of anilines is 1. The molecule has 0 saturated carbocycles. The number of furan rings is 1. The first kappa shape index (κ1) is 13.4. The summed E-state index contributed by atoms with van der Waals surface area (Å²) in [7, 11) is 0. The van der Waals surface area contributed by atoms with Gasteiger partial charge in [-0.1, -0.05) is 11.6 Å². The highest BCUT2D eigenvalue weighted by Crippen LogP contribution is 2.24. The number of carboxylic acids is 1. The van der Waals surface area contributed by atoms with E-state index < -0.39 is 11.8 Å². The van der Waals surface area contributed by atoms with Crippen molar-refractivity contribution in [3.05, 3.63) is 52.7 Å². The maximum absolute atomic E-state index is 13.0. The zero-order valence-corrected chi connectivity index (χ0v) is 10.7. The smallest absolute Gasteiger partial charge is 0.371 e. The third-order valence-electron chi connectivity index (χ3n) is 2.57. The molecular formula is C13H11ClFNO3. The number of carboxylic acid groups (broad SMARTS) is 1. The van der Waals surface area contributed by atoms with Gasteiger partial charge < -0.3 is 14.8 Å². The van der Waals surface area contributed by atoms with Crippen molar-refractivity contribution in [2.24, 2.45) is 0 Å². The minimum atomic E-state index is -1.12. The van der Waals surface area contributed by atoms with E-state index in [9.17, 15) is 9.18 Å². The second-order valence-corrected chi connectivity index (χ2v) is 4.41. The Hall–Kier alpha value is -2.01. The molecule has 100 valence electrons. The maximum Gasteiger partial charge on any atom is 0.371 e. The molecule has 0 aliphatic carbocycles. The first-order chi connectivity index (χ1) is 8.97. The van der Waals surface area contributed by atoms with Crippen molar-refractivity contribution in [3.8, 4) is 0 Å². The zero-order chi connectivity index (χ0) is 14.0. The lowest BCUT2D eigenvalue weighted by atomic mass is 10.2. The van der Waals surface area contributed by atoms with Crippen LogP contribution in [0, 0.1) is 5.82 Å². The van der Waals surface area contributed by atoms with Crippen LogP contribution in [-0.4, -0.2) is 11.1 Å². The average Bonchev–Trinajstić information content (AvgIpc) is 2.83. The standard InChI is InChI=1S/C13H11ClFNO3/c1-7(11-4-5-12(19-11)13(17)18)16-8-2-3-10(15)9(14)6-8/h2-7,16H,1H3,(H,17,18). The fraction of sp³-hybridized carbons (Fsp3) is 0.154. The second kappa shape index (κ2) is 5.32. The highest BCUT2D eigenvalue weighted by molar-refractivity contribution is 6.31. The summed E-state index contributed by atoms with van der Waals surface area (Å²) in [5.74, 6) is -1.27. The van der Waals surface area contributed by atoms with Gasteiger partial charge in [-0.15, -0.1) is 0 Å². The Morgan fingerprint density at radius 1 is 1.42 bits per heavy atom. The lowest BCUT2D eigenvalue weighted by molar-refractivity contribution is 0.0660. The molecule has 1 atom stereocenters. The minimum absolute atomic E-state index is 0.0165. The van der Waals surface area contributed by atoms with Crippen LogP contribution in [0.4, 0.5) is 10.1 Å². The first-order valence-corrected chi connectivity index (χ1v) is 5.90. The molecule has 0 spiro atoms. The van der Waals surface area contributed by atoms with Gasteiger partial charge in [0.2, 0.25) is 5.76 Å². The van der Waals surface area contributed by atoms with Gasteiger partial charge in [0.1, 0.15) is 11.6 Å². The second-order valence-electron chi connectivity index (χ2n) is 4.00. The molecule has 0 aliphatic heterocycles. The van der Waals surface area contributed by atoms with Gasteiger partial charge in [-0.25, -0.2) is 9.18 Å². The van der Waals surface area contributed by atoms with Crippen molar-refractivity contribution in [1.82, 2.24) is 0 Å². The normalized spacial score (nSPS) is 12.2. The summed E-state index contributed by atoms with van der Waals surface area (Å²) < 4.78 is 18.2. The van der Waals surface area contributed by atoms with Gasteiger partial charge in [-0.2, -0.15) is 0 Å². The molecule has 2 rings (SSSR count). The Kier molecular flexibility index (Phi) is 3.76. The molecule has 0 saturated heterocycles. The Labute approximate surface area is 113 Å². The van der Waals surface area contributed by atoms with E-state index in [1.165, 1.54) is 18.2 Å². The lowest BCUT2D eigenvalue weighted by Gasteiger charge is -2.13. The predicted octanol–water partition coefficient (Wildman–Crippen LogP) is 3.94. The fourth-order valence-electron chi connectivity index (χ4n) is 1.61. The first-order valence-electron chi connectivity index (χ1n) is 5.52. The minimum Gasteiger partial charge on any atom is -0.475 e. The third-order valence-corrected chi connectivity index (χ3v) is 2.86. The summed E-state index contributed by atoms with van der Waals surface area (Å²) in [6.45, 7) is 1.79. The van der Waals surface area contributed by atoms with E-state index >= 15 is 0 Å². The lowest BCUT2D eigenvalue weighted by Crippen LogP contribution is -2.05. The van der Waals surface area contributed by atoms with Gasteiger partial charge >= 0.3 is 5.97 Å². The van der Waals surface area contributed by atoms with Crippen molar-refractivity contribution in [3.63, 3.8) is 0 Å². The number of rotatable bonds is 4.